The number of hydrogen-bond donors (Lipinski definition) is 0. The summed E-state index contributed by atoms with van der Waals surface area (Å²) in [7, 11) is 1.60. The van der Waals surface area contributed by atoms with E-state index in [1.54, 1.807) is 23.6 Å². The highest BCUT2D eigenvalue weighted by atomic mass is 19.1. The first-order valence-electron chi connectivity index (χ1n) is 9.50. The molecule has 0 amide bonds. The molecule has 4 rings (SSSR count). The quantitative estimate of drug-likeness (QED) is 0.493. The molecule has 0 bridgehead atoms. The van der Waals surface area contributed by atoms with E-state index in [-0.39, 0.29) is 34.4 Å². The van der Waals surface area contributed by atoms with E-state index in [1.807, 2.05) is 20.8 Å². The monoisotopic (exact) mass is 399 g/mol. The first kappa shape index (κ1) is 19.3. The Hall–Kier alpha value is -3.07. The molecule has 1 aromatic carbocycles. The summed E-state index contributed by atoms with van der Waals surface area (Å²) in [4.78, 5) is 22.2. The molecule has 2 atom stereocenters. The Labute approximate surface area is 165 Å². The molecule has 0 aliphatic heterocycles. The number of imidazole rings is 1. The third-order valence-electron chi connectivity index (χ3n) is 5.18. The second-order valence-electron chi connectivity index (χ2n) is 7.16. The molecule has 0 aliphatic rings. The summed E-state index contributed by atoms with van der Waals surface area (Å²) in [5.74, 6) is 0.0696. The summed E-state index contributed by atoms with van der Waals surface area (Å²) < 4.78 is 28.2. The van der Waals surface area contributed by atoms with Gasteiger partial charge in [-0.15, -0.1) is 0 Å². The Balaban J connectivity index is 2.01. The van der Waals surface area contributed by atoms with Gasteiger partial charge in [-0.05, 0) is 25.5 Å². The normalized spacial score (nSPS) is 14.0. The number of halogens is 1. The topological polar surface area (TPSA) is 87.5 Å². The van der Waals surface area contributed by atoms with Crippen LogP contribution in [0.15, 0.2) is 33.8 Å². The molecule has 0 saturated carbocycles. The highest BCUT2D eigenvalue weighted by Crippen LogP contribution is 2.27. The van der Waals surface area contributed by atoms with Crippen LogP contribution in [0.4, 0.5) is 4.39 Å². The van der Waals surface area contributed by atoms with Crippen molar-refractivity contribution >= 4 is 16.6 Å². The molecule has 9 heteroatoms. The zero-order valence-electron chi connectivity index (χ0n) is 16.7. The number of nitrogens with zero attached hydrogens (tertiary/aromatic N) is 5. The van der Waals surface area contributed by atoms with Crippen LogP contribution >= 0.6 is 0 Å². The molecular formula is C20H22FN5O3. The molecule has 0 saturated heterocycles. The molecule has 152 valence electrons. The molecule has 29 heavy (non-hydrogen) atoms. The van der Waals surface area contributed by atoms with E-state index in [0.29, 0.717) is 30.1 Å². The zero-order valence-corrected chi connectivity index (χ0v) is 16.7. The van der Waals surface area contributed by atoms with E-state index >= 15 is 0 Å². The summed E-state index contributed by atoms with van der Waals surface area (Å²) in [6.07, 6.45) is 2.16. The van der Waals surface area contributed by atoms with Gasteiger partial charge in [-0.3, -0.25) is 13.8 Å². The van der Waals surface area contributed by atoms with E-state index in [4.69, 9.17) is 9.26 Å². The van der Waals surface area contributed by atoms with Gasteiger partial charge >= 0.3 is 0 Å². The second kappa shape index (κ2) is 7.40. The lowest BCUT2D eigenvalue weighted by Crippen LogP contribution is -2.26. The molecule has 3 heterocycles. The molecule has 4 aromatic rings. The van der Waals surface area contributed by atoms with Crippen molar-refractivity contribution in [3.63, 3.8) is 0 Å². The standard InChI is InChI=1S/C20H22FN5O3/c1-5-12(3)26-16-13(21)7-6-8-14(16)25-10-22-15(17(25)20(26)27)18-23-19(29-24-18)11(2)9-28-4/h6-8,10-12H,5,9H2,1-4H3. The number of methoxy groups -OCH3 is 1. The number of aromatic nitrogens is 5. The Kier molecular flexibility index (Phi) is 4.91. The summed E-state index contributed by atoms with van der Waals surface area (Å²) >= 11 is 0. The van der Waals surface area contributed by atoms with Gasteiger partial charge < -0.3 is 9.26 Å². The first-order valence-corrected chi connectivity index (χ1v) is 9.50. The fourth-order valence-electron chi connectivity index (χ4n) is 3.51. The average molecular weight is 399 g/mol. The van der Waals surface area contributed by atoms with Crippen LogP contribution in [0.25, 0.3) is 28.1 Å². The number of hydrogen-bond acceptors (Lipinski definition) is 6. The van der Waals surface area contributed by atoms with E-state index < -0.39 is 5.82 Å². The highest BCUT2D eigenvalue weighted by molar-refractivity contribution is 5.84. The first-order chi connectivity index (χ1) is 14.0. The van der Waals surface area contributed by atoms with Crippen LogP contribution in [0.2, 0.25) is 0 Å². The fraction of sp³-hybridized carbons (Fsp3) is 0.400. The predicted molar refractivity (Wildman–Crippen MR) is 106 cm³/mol. The van der Waals surface area contributed by atoms with Crippen LogP contribution in [0.5, 0.6) is 0 Å². The third-order valence-corrected chi connectivity index (χ3v) is 5.18. The van der Waals surface area contributed by atoms with E-state index in [1.165, 1.54) is 17.0 Å². The number of benzene rings is 1. The summed E-state index contributed by atoms with van der Waals surface area (Å²) in [5, 5.41) is 4.01. The van der Waals surface area contributed by atoms with Crippen LogP contribution < -0.4 is 5.56 Å². The molecule has 0 N–H and O–H groups in total. The maximum absolute atomic E-state index is 14.7. The zero-order chi connectivity index (χ0) is 20.7. The van der Waals surface area contributed by atoms with Crippen LogP contribution in [-0.2, 0) is 4.74 Å². The smallest absolute Gasteiger partial charge is 0.278 e. The van der Waals surface area contributed by atoms with Crippen molar-refractivity contribution in [2.45, 2.75) is 39.2 Å². The number of para-hydroxylation sites is 1. The van der Waals surface area contributed by atoms with Crippen molar-refractivity contribution < 1.29 is 13.7 Å². The van der Waals surface area contributed by atoms with Crippen molar-refractivity contribution in [2.24, 2.45) is 0 Å². The molecule has 0 aliphatic carbocycles. The Bertz CT molecular complexity index is 1240. The Morgan fingerprint density at radius 2 is 2.07 bits per heavy atom. The van der Waals surface area contributed by atoms with E-state index in [9.17, 15) is 9.18 Å². The van der Waals surface area contributed by atoms with Crippen LogP contribution in [0, 0.1) is 5.82 Å². The molecular weight excluding hydrogens is 377 g/mol. The van der Waals surface area contributed by atoms with Gasteiger partial charge in [0.25, 0.3) is 5.56 Å². The molecule has 3 aromatic heterocycles. The van der Waals surface area contributed by atoms with Gasteiger partial charge in [0.05, 0.1) is 18.0 Å². The lowest BCUT2D eigenvalue weighted by molar-refractivity contribution is 0.170. The van der Waals surface area contributed by atoms with Crippen LogP contribution in [0.1, 0.15) is 45.0 Å². The average Bonchev–Trinajstić information content (AvgIpc) is 3.36. The van der Waals surface area contributed by atoms with Crippen molar-refractivity contribution in [3.05, 3.63) is 46.6 Å². The van der Waals surface area contributed by atoms with Crippen molar-refractivity contribution in [3.8, 4) is 11.5 Å². The Morgan fingerprint density at radius 1 is 1.28 bits per heavy atom. The van der Waals surface area contributed by atoms with Crippen molar-refractivity contribution in [2.75, 3.05) is 13.7 Å². The van der Waals surface area contributed by atoms with Gasteiger partial charge in [0.2, 0.25) is 11.7 Å². The molecule has 0 fully saturated rings. The van der Waals surface area contributed by atoms with Crippen LogP contribution in [-0.4, -0.2) is 37.8 Å². The molecule has 8 nitrogen and oxygen atoms in total. The Morgan fingerprint density at radius 3 is 2.79 bits per heavy atom. The van der Waals surface area contributed by atoms with Gasteiger partial charge in [-0.1, -0.05) is 25.1 Å². The van der Waals surface area contributed by atoms with Gasteiger partial charge in [0.15, 0.2) is 0 Å². The van der Waals surface area contributed by atoms with Gasteiger partial charge in [-0.25, -0.2) is 9.37 Å². The number of fused-ring (bicyclic) bond motifs is 3. The maximum Gasteiger partial charge on any atom is 0.278 e. The van der Waals surface area contributed by atoms with Crippen LogP contribution in [0.3, 0.4) is 0 Å². The van der Waals surface area contributed by atoms with Crippen molar-refractivity contribution in [1.29, 1.82) is 0 Å². The molecule has 0 spiro atoms. The van der Waals surface area contributed by atoms with Gasteiger partial charge in [0, 0.05) is 13.2 Å². The summed E-state index contributed by atoms with van der Waals surface area (Å²) in [6.45, 7) is 6.17. The van der Waals surface area contributed by atoms with E-state index in [0.717, 1.165) is 0 Å². The third kappa shape index (κ3) is 3.02. The summed E-state index contributed by atoms with van der Waals surface area (Å²) in [5.41, 5.74) is 1.05. The van der Waals surface area contributed by atoms with Gasteiger partial charge in [-0.2, -0.15) is 4.98 Å². The molecule has 0 radical (unpaired) electrons. The second-order valence-corrected chi connectivity index (χ2v) is 7.16. The fourth-order valence-corrected chi connectivity index (χ4v) is 3.51. The minimum absolute atomic E-state index is 0.0955. The highest BCUT2D eigenvalue weighted by Gasteiger charge is 2.24. The number of rotatable bonds is 6. The minimum atomic E-state index is -0.452. The van der Waals surface area contributed by atoms with Gasteiger partial charge in [0.1, 0.15) is 28.9 Å². The molecule has 2 unspecified atom stereocenters. The largest absolute Gasteiger partial charge is 0.384 e. The lowest BCUT2D eigenvalue weighted by atomic mass is 10.2. The summed E-state index contributed by atoms with van der Waals surface area (Å²) in [6, 6.07) is 4.53. The lowest BCUT2D eigenvalue weighted by Gasteiger charge is -2.18. The predicted octanol–water partition coefficient (Wildman–Crippen LogP) is 3.56. The minimum Gasteiger partial charge on any atom is -0.384 e. The SMILES string of the molecule is CCC(C)n1c(=O)c2c(-c3noc(C(C)COC)n3)ncn2c2cccc(F)c21. The van der Waals surface area contributed by atoms with E-state index in [2.05, 4.69) is 15.1 Å². The number of ether oxygens (including phenoxy) is 1. The maximum atomic E-state index is 14.7. The van der Waals surface area contributed by atoms with Crippen molar-refractivity contribution in [1.82, 2.24) is 24.1 Å².